The molecule has 0 bridgehead atoms. The molecule has 6 heteroatoms. The number of hydrogen-bond acceptors (Lipinski definition) is 3. The van der Waals surface area contributed by atoms with Crippen LogP contribution in [-0.2, 0) is 0 Å². The van der Waals surface area contributed by atoms with Crippen LogP contribution in [0, 0.1) is 5.82 Å². The predicted molar refractivity (Wildman–Crippen MR) is 95.9 cm³/mol. The number of likely N-dealkylation sites (N-methyl/N-ethyl adjacent to an activating group) is 1. The monoisotopic (exact) mass is 394 g/mol. The normalized spacial score (nSPS) is 12.1. The fourth-order valence-electron chi connectivity index (χ4n) is 2.41. The highest BCUT2D eigenvalue weighted by Gasteiger charge is 2.18. The fraction of sp³-hybridized carbons (Fsp3) is 0.278. The number of carbonyl (C=O) groups excluding carboxylic acids is 1. The first kappa shape index (κ1) is 18.4. The van der Waals surface area contributed by atoms with Gasteiger partial charge in [0.15, 0.2) is 0 Å². The first-order valence-electron chi connectivity index (χ1n) is 7.46. The minimum Gasteiger partial charge on any atom is -0.497 e. The molecule has 2 rings (SSSR count). The predicted octanol–water partition coefficient (Wildman–Crippen LogP) is 3.63. The molecule has 0 aliphatic heterocycles. The molecule has 0 heterocycles. The van der Waals surface area contributed by atoms with Crippen molar-refractivity contribution in [1.29, 1.82) is 0 Å². The van der Waals surface area contributed by atoms with Crippen molar-refractivity contribution in [3.63, 3.8) is 0 Å². The van der Waals surface area contributed by atoms with Gasteiger partial charge in [0.2, 0.25) is 0 Å². The molecule has 0 fully saturated rings. The summed E-state index contributed by atoms with van der Waals surface area (Å²) in [5.41, 5.74) is 1.04. The Morgan fingerprint density at radius 1 is 1.29 bits per heavy atom. The Labute approximate surface area is 149 Å². The Kier molecular flexibility index (Phi) is 6.34. The van der Waals surface area contributed by atoms with E-state index in [1.807, 2.05) is 43.3 Å². The fourth-order valence-corrected chi connectivity index (χ4v) is 2.74. The number of ether oxygens (including phenoxy) is 1. The Bertz CT molecular complexity index is 722. The van der Waals surface area contributed by atoms with Gasteiger partial charge < -0.3 is 15.0 Å². The Balaban J connectivity index is 2.12. The van der Waals surface area contributed by atoms with Gasteiger partial charge in [-0.25, -0.2) is 4.39 Å². The number of rotatable bonds is 6. The van der Waals surface area contributed by atoms with Crippen molar-refractivity contribution in [3.05, 3.63) is 63.9 Å². The quantitative estimate of drug-likeness (QED) is 0.813. The third kappa shape index (κ3) is 4.55. The summed E-state index contributed by atoms with van der Waals surface area (Å²) >= 11 is 3.18. The number of nitrogens with zero attached hydrogens (tertiary/aromatic N) is 1. The molecule has 1 N–H and O–H groups in total. The van der Waals surface area contributed by atoms with Crippen molar-refractivity contribution < 1.29 is 13.9 Å². The number of methoxy groups -OCH3 is 1. The van der Waals surface area contributed by atoms with Crippen LogP contribution in [0.1, 0.15) is 22.0 Å². The number of benzene rings is 2. The molecule has 0 radical (unpaired) electrons. The van der Waals surface area contributed by atoms with Gasteiger partial charge in [-0.1, -0.05) is 28.1 Å². The third-order valence-corrected chi connectivity index (χ3v) is 4.23. The maximum absolute atomic E-state index is 13.9. The van der Waals surface area contributed by atoms with E-state index < -0.39 is 11.7 Å². The first-order valence-corrected chi connectivity index (χ1v) is 8.25. The zero-order valence-corrected chi connectivity index (χ0v) is 15.4. The van der Waals surface area contributed by atoms with Crippen molar-refractivity contribution >= 4 is 21.8 Å². The van der Waals surface area contributed by atoms with Crippen molar-refractivity contribution in [1.82, 2.24) is 10.2 Å². The smallest absolute Gasteiger partial charge is 0.254 e. The number of hydrogen-bond donors (Lipinski definition) is 1. The zero-order valence-electron chi connectivity index (χ0n) is 13.8. The second-order valence-corrected chi connectivity index (χ2v) is 6.51. The van der Waals surface area contributed by atoms with E-state index in [9.17, 15) is 9.18 Å². The van der Waals surface area contributed by atoms with Gasteiger partial charge in [0.25, 0.3) is 5.91 Å². The van der Waals surface area contributed by atoms with Gasteiger partial charge in [-0.3, -0.25) is 4.79 Å². The molecule has 0 unspecified atom stereocenters. The third-order valence-electron chi connectivity index (χ3n) is 3.73. The zero-order chi connectivity index (χ0) is 17.7. The molecule has 128 valence electrons. The highest BCUT2D eigenvalue weighted by atomic mass is 79.9. The molecule has 0 aliphatic rings. The first-order chi connectivity index (χ1) is 11.4. The van der Waals surface area contributed by atoms with Crippen LogP contribution in [0.4, 0.5) is 4.39 Å². The van der Waals surface area contributed by atoms with Crippen LogP contribution in [0.5, 0.6) is 5.75 Å². The summed E-state index contributed by atoms with van der Waals surface area (Å²) in [6.45, 7) is 0.356. The molecule has 1 atom stereocenters. The molecular formula is C18H20BrFN2O2. The summed E-state index contributed by atoms with van der Waals surface area (Å²) in [5, 5.41) is 2.80. The van der Waals surface area contributed by atoms with Crippen LogP contribution in [0.2, 0.25) is 0 Å². The highest BCUT2D eigenvalue weighted by molar-refractivity contribution is 9.10. The second-order valence-electron chi connectivity index (χ2n) is 5.59. The summed E-state index contributed by atoms with van der Waals surface area (Å²) < 4.78 is 19.7. The minimum absolute atomic E-state index is 0.0290. The van der Waals surface area contributed by atoms with Crippen LogP contribution < -0.4 is 10.1 Å². The molecule has 0 spiro atoms. The van der Waals surface area contributed by atoms with Gasteiger partial charge in [-0.05, 0) is 50.0 Å². The van der Waals surface area contributed by atoms with Gasteiger partial charge in [-0.2, -0.15) is 0 Å². The lowest BCUT2D eigenvalue weighted by Crippen LogP contribution is -2.34. The molecule has 4 nitrogen and oxygen atoms in total. The molecule has 0 saturated carbocycles. The van der Waals surface area contributed by atoms with E-state index in [1.54, 1.807) is 13.2 Å². The van der Waals surface area contributed by atoms with Crippen molar-refractivity contribution in [2.75, 3.05) is 27.7 Å². The average molecular weight is 395 g/mol. The van der Waals surface area contributed by atoms with E-state index in [4.69, 9.17) is 4.74 Å². The van der Waals surface area contributed by atoms with Crippen LogP contribution in [0.15, 0.2) is 46.9 Å². The number of halogens is 2. The molecule has 0 aliphatic carbocycles. The van der Waals surface area contributed by atoms with Gasteiger partial charge in [-0.15, -0.1) is 0 Å². The van der Waals surface area contributed by atoms with Crippen molar-refractivity contribution in [3.8, 4) is 5.75 Å². The molecule has 1 amide bonds. The SMILES string of the molecule is COc1cccc([C@@H](CNC(=O)c2ccc(Br)cc2F)N(C)C)c1. The largest absolute Gasteiger partial charge is 0.497 e. The van der Waals surface area contributed by atoms with Crippen LogP contribution in [0.3, 0.4) is 0 Å². The highest BCUT2D eigenvalue weighted by Crippen LogP contribution is 2.22. The Morgan fingerprint density at radius 2 is 2.04 bits per heavy atom. The van der Waals surface area contributed by atoms with Gasteiger partial charge in [0.05, 0.1) is 18.7 Å². The lowest BCUT2D eigenvalue weighted by Gasteiger charge is -2.25. The maximum atomic E-state index is 13.9. The molecule has 24 heavy (non-hydrogen) atoms. The van der Waals surface area contributed by atoms with Gasteiger partial charge in [0, 0.05) is 11.0 Å². The van der Waals surface area contributed by atoms with Crippen LogP contribution in [0.25, 0.3) is 0 Å². The summed E-state index contributed by atoms with van der Waals surface area (Å²) in [6.07, 6.45) is 0. The van der Waals surface area contributed by atoms with E-state index in [0.29, 0.717) is 11.0 Å². The minimum atomic E-state index is -0.551. The number of carbonyl (C=O) groups is 1. The topological polar surface area (TPSA) is 41.6 Å². The van der Waals surface area contributed by atoms with E-state index in [2.05, 4.69) is 21.2 Å². The second kappa shape index (κ2) is 8.26. The average Bonchev–Trinajstić information content (AvgIpc) is 2.54. The molecule has 0 aromatic heterocycles. The summed E-state index contributed by atoms with van der Waals surface area (Å²) in [4.78, 5) is 14.2. The Hall–Kier alpha value is -1.92. The van der Waals surface area contributed by atoms with E-state index in [0.717, 1.165) is 11.3 Å². The van der Waals surface area contributed by atoms with Gasteiger partial charge >= 0.3 is 0 Å². The summed E-state index contributed by atoms with van der Waals surface area (Å²) in [5.74, 6) is -0.232. The van der Waals surface area contributed by atoms with E-state index in [-0.39, 0.29) is 11.6 Å². The number of amides is 1. The van der Waals surface area contributed by atoms with Gasteiger partial charge in [0.1, 0.15) is 11.6 Å². The maximum Gasteiger partial charge on any atom is 0.254 e. The van der Waals surface area contributed by atoms with Crippen molar-refractivity contribution in [2.45, 2.75) is 6.04 Å². The standard InChI is InChI=1S/C18H20BrFN2O2/c1-22(2)17(12-5-4-6-14(9-12)24-3)11-21-18(23)15-8-7-13(19)10-16(15)20/h4-10,17H,11H2,1-3H3,(H,21,23)/t17-/m1/s1. The van der Waals surface area contributed by atoms with E-state index >= 15 is 0 Å². The molecule has 2 aromatic carbocycles. The van der Waals surface area contributed by atoms with E-state index in [1.165, 1.54) is 12.1 Å². The van der Waals surface area contributed by atoms with Crippen LogP contribution in [-0.4, -0.2) is 38.6 Å². The Morgan fingerprint density at radius 3 is 2.67 bits per heavy atom. The van der Waals surface area contributed by atoms with Crippen molar-refractivity contribution in [2.24, 2.45) is 0 Å². The lowest BCUT2D eigenvalue weighted by molar-refractivity contribution is 0.0938. The molecular weight excluding hydrogens is 375 g/mol. The molecule has 2 aromatic rings. The van der Waals surface area contributed by atoms with Crippen LogP contribution >= 0.6 is 15.9 Å². The lowest BCUT2D eigenvalue weighted by atomic mass is 10.1. The summed E-state index contributed by atoms with van der Waals surface area (Å²) in [6, 6.07) is 12.0. The summed E-state index contributed by atoms with van der Waals surface area (Å²) in [7, 11) is 5.47. The molecule has 0 saturated heterocycles. The number of nitrogens with one attached hydrogen (secondary N) is 1.